The lowest BCUT2D eigenvalue weighted by atomic mass is 10.3. The number of hydrogen-bond donors (Lipinski definition) is 2. The van der Waals surface area contributed by atoms with Gasteiger partial charge in [0.2, 0.25) is 0 Å². The van der Waals surface area contributed by atoms with Crippen molar-refractivity contribution in [1.82, 2.24) is 10.3 Å². The number of rotatable bonds is 2. The van der Waals surface area contributed by atoms with Crippen molar-refractivity contribution >= 4 is 36.4 Å². The molecule has 2 heterocycles. The molecule has 1 atom stereocenters. The van der Waals surface area contributed by atoms with Crippen molar-refractivity contribution in [3.8, 4) is 0 Å². The lowest BCUT2D eigenvalue weighted by molar-refractivity contribution is -0.128. The Morgan fingerprint density at radius 2 is 2.35 bits per heavy atom. The Morgan fingerprint density at radius 1 is 1.53 bits per heavy atom. The standard InChI is InChI=1S/C10H13N3O2.2ClH/c14-10(9-7-12-4-5-15-9)13-8-2-1-3-11-6-8;;/h1-3,6,9,12H,4-5,7H2,(H,13,14);2*1H. The highest BCUT2D eigenvalue weighted by atomic mass is 35.5. The van der Waals surface area contributed by atoms with Crippen molar-refractivity contribution in [2.24, 2.45) is 0 Å². The van der Waals surface area contributed by atoms with Gasteiger partial charge in [0.05, 0.1) is 18.5 Å². The largest absolute Gasteiger partial charge is 0.366 e. The van der Waals surface area contributed by atoms with Gasteiger partial charge in [-0.2, -0.15) is 0 Å². The summed E-state index contributed by atoms with van der Waals surface area (Å²) in [5.74, 6) is -0.129. The normalized spacial score (nSPS) is 18.5. The summed E-state index contributed by atoms with van der Waals surface area (Å²) in [5.41, 5.74) is 0.691. The fraction of sp³-hybridized carbons (Fsp3) is 0.400. The first-order valence-electron chi connectivity index (χ1n) is 4.89. The number of amides is 1. The van der Waals surface area contributed by atoms with Gasteiger partial charge in [-0.3, -0.25) is 9.78 Å². The van der Waals surface area contributed by atoms with E-state index in [4.69, 9.17) is 4.74 Å². The molecule has 96 valence electrons. The number of pyridine rings is 1. The lowest BCUT2D eigenvalue weighted by Crippen LogP contribution is -2.45. The van der Waals surface area contributed by atoms with Gasteiger partial charge in [-0.1, -0.05) is 0 Å². The van der Waals surface area contributed by atoms with Crippen LogP contribution in [0.25, 0.3) is 0 Å². The Kier molecular flexibility index (Phi) is 7.82. The van der Waals surface area contributed by atoms with Crippen molar-refractivity contribution in [3.05, 3.63) is 24.5 Å². The third-order valence-corrected chi connectivity index (χ3v) is 2.15. The average molecular weight is 280 g/mol. The smallest absolute Gasteiger partial charge is 0.254 e. The quantitative estimate of drug-likeness (QED) is 0.843. The predicted octanol–water partition coefficient (Wildman–Crippen LogP) is 0.852. The molecule has 0 bridgehead atoms. The molecule has 1 aliphatic heterocycles. The molecule has 1 aromatic heterocycles. The van der Waals surface area contributed by atoms with Crippen molar-refractivity contribution in [3.63, 3.8) is 0 Å². The van der Waals surface area contributed by atoms with Gasteiger partial charge in [-0.05, 0) is 12.1 Å². The first-order valence-corrected chi connectivity index (χ1v) is 4.89. The second kappa shape index (κ2) is 8.25. The molecule has 1 fully saturated rings. The zero-order valence-electron chi connectivity index (χ0n) is 9.09. The molecule has 1 amide bonds. The van der Waals surface area contributed by atoms with E-state index >= 15 is 0 Å². The summed E-state index contributed by atoms with van der Waals surface area (Å²) < 4.78 is 5.32. The summed E-state index contributed by atoms with van der Waals surface area (Å²) in [5, 5.41) is 5.85. The molecule has 0 spiro atoms. The summed E-state index contributed by atoms with van der Waals surface area (Å²) in [6.07, 6.45) is 2.86. The molecule has 17 heavy (non-hydrogen) atoms. The van der Waals surface area contributed by atoms with Crippen LogP contribution >= 0.6 is 24.8 Å². The Morgan fingerprint density at radius 3 is 2.94 bits per heavy atom. The maximum atomic E-state index is 11.7. The van der Waals surface area contributed by atoms with Gasteiger partial charge < -0.3 is 15.4 Å². The Bertz CT molecular complexity index is 332. The number of nitrogens with zero attached hydrogens (tertiary/aromatic N) is 1. The molecular formula is C10H15Cl2N3O2. The summed E-state index contributed by atoms with van der Waals surface area (Å²) in [7, 11) is 0. The van der Waals surface area contributed by atoms with E-state index in [2.05, 4.69) is 15.6 Å². The van der Waals surface area contributed by atoms with E-state index in [1.807, 2.05) is 0 Å². The van der Waals surface area contributed by atoms with E-state index in [1.165, 1.54) is 0 Å². The van der Waals surface area contributed by atoms with Crippen LogP contribution in [0.2, 0.25) is 0 Å². The lowest BCUT2D eigenvalue weighted by Gasteiger charge is -2.22. The van der Waals surface area contributed by atoms with Gasteiger partial charge in [0.25, 0.3) is 5.91 Å². The Hall–Kier alpha value is -0.880. The molecule has 0 aromatic carbocycles. The molecule has 1 aliphatic rings. The van der Waals surface area contributed by atoms with Crippen LogP contribution in [-0.2, 0) is 9.53 Å². The minimum Gasteiger partial charge on any atom is -0.366 e. The van der Waals surface area contributed by atoms with Gasteiger partial charge in [0, 0.05) is 19.3 Å². The van der Waals surface area contributed by atoms with Gasteiger partial charge in [-0.15, -0.1) is 24.8 Å². The maximum absolute atomic E-state index is 11.7. The molecule has 0 saturated carbocycles. The zero-order valence-corrected chi connectivity index (χ0v) is 10.7. The van der Waals surface area contributed by atoms with Crippen molar-refractivity contribution in [2.75, 3.05) is 25.0 Å². The number of nitrogens with one attached hydrogen (secondary N) is 2. The fourth-order valence-corrected chi connectivity index (χ4v) is 1.39. The van der Waals surface area contributed by atoms with Gasteiger partial charge in [0.1, 0.15) is 6.10 Å². The number of halogens is 2. The molecule has 1 aromatic rings. The number of carbonyl (C=O) groups is 1. The second-order valence-electron chi connectivity index (χ2n) is 3.29. The van der Waals surface area contributed by atoms with Gasteiger partial charge in [0.15, 0.2) is 0 Å². The average Bonchev–Trinajstić information content (AvgIpc) is 2.31. The minimum absolute atomic E-state index is 0. The number of aromatic nitrogens is 1. The van der Waals surface area contributed by atoms with Crippen LogP contribution < -0.4 is 10.6 Å². The zero-order chi connectivity index (χ0) is 10.5. The fourth-order valence-electron chi connectivity index (χ4n) is 1.39. The molecule has 0 radical (unpaired) electrons. The highest BCUT2D eigenvalue weighted by molar-refractivity contribution is 5.94. The Balaban J connectivity index is 0.00000128. The predicted molar refractivity (Wildman–Crippen MR) is 70.0 cm³/mol. The van der Waals surface area contributed by atoms with E-state index in [1.54, 1.807) is 24.5 Å². The van der Waals surface area contributed by atoms with Gasteiger partial charge >= 0.3 is 0 Å². The van der Waals surface area contributed by atoms with Crippen LogP contribution in [0.3, 0.4) is 0 Å². The minimum atomic E-state index is -0.404. The third-order valence-electron chi connectivity index (χ3n) is 2.15. The van der Waals surface area contributed by atoms with Crippen LogP contribution in [0.15, 0.2) is 24.5 Å². The number of anilines is 1. The summed E-state index contributed by atoms with van der Waals surface area (Å²) in [6, 6.07) is 3.57. The Labute approximate surface area is 112 Å². The number of hydrogen-bond acceptors (Lipinski definition) is 4. The van der Waals surface area contributed by atoms with Gasteiger partial charge in [-0.25, -0.2) is 0 Å². The highest BCUT2D eigenvalue weighted by Crippen LogP contribution is 2.05. The maximum Gasteiger partial charge on any atom is 0.254 e. The first kappa shape index (κ1) is 16.1. The first-order chi connectivity index (χ1) is 7.36. The third kappa shape index (κ3) is 4.87. The van der Waals surface area contributed by atoms with E-state index < -0.39 is 6.10 Å². The second-order valence-corrected chi connectivity index (χ2v) is 3.29. The number of ether oxygens (including phenoxy) is 1. The van der Waals surface area contributed by atoms with Crippen LogP contribution in [0.4, 0.5) is 5.69 Å². The molecule has 1 saturated heterocycles. The molecule has 2 N–H and O–H groups in total. The summed E-state index contributed by atoms with van der Waals surface area (Å²) in [6.45, 7) is 1.94. The number of morpholine rings is 1. The van der Waals surface area contributed by atoms with E-state index in [-0.39, 0.29) is 30.7 Å². The van der Waals surface area contributed by atoms with Crippen LogP contribution in [0.1, 0.15) is 0 Å². The van der Waals surface area contributed by atoms with Crippen molar-refractivity contribution in [1.29, 1.82) is 0 Å². The molecule has 7 heteroatoms. The molecule has 2 rings (SSSR count). The van der Waals surface area contributed by atoms with Crippen molar-refractivity contribution in [2.45, 2.75) is 6.10 Å². The SMILES string of the molecule is Cl.Cl.O=C(Nc1cccnc1)C1CNCCO1. The van der Waals surface area contributed by atoms with E-state index in [0.29, 0.717) is 18.8 Å². The summed E-state index contributed by atoms with van der Waals surface area (Å²) >= 11 is 0. The monoisotopic (exact) mass is 279 g/mol. The van der Waals surface area contributed by atoms with E-state index in [0.717, 1.165) is 6.54 Å². The molecule has 5 nitrogen and oxygen atoms in total. The van der Waals surface area contributed by atoms with Crippen LogP contribution in [0, 0.1) is 0 Å². The molecular weight excluding hydrogens is 265 g/mol. The molecule has 1 unspecified atom stereocenters. The topological polar surface area (TPSA) is 63.2 Å². The summed E-state index contributed by atoms with van der Waals surface area (Å²) in [4.78, 5) is 15.6. The van der Waals surface area contributed by atoms with Crippen LogP contribution in [-0.4, -0.2) is 36.7 Å². The van der Waals surface area contributed by atoms with Crippen LogP contribution in [0.5, 0.6) is 0 Å². The van der Waals surface area contributed by atoms with E-state index in [9.17, 15) is 4.79 Å². The number of carbonyl (C=O) groups excluding carboxylic acids is 1. The molecule has 0 aliphatic carbocycles. The van der Waals surface area contributed by atoms with Crippen molar-refractivity contribution < 1.29 is 9.53 Å². The highest BCUT2D eigenvalue weighted by Gasteiger charge is 2.21.